The summed E-state index contributed by atoms with van der Waals surface area (Å²) in [5.41, 5.74) is 1.17. The first kappa shape index (κ1) is 29.9. The highest BCUT2D eigenvalue weighted by Crippen LogP contribution is 2.36. The molecule has 2 aliphatic rings. The quantitative estimate of drug-likeness (QED) is 0.372. The molecule has 1 amide bonds. The van der Waals surface area contributed by atoms with Gasteiger partial charge in [0, 0.05) is 19.1 Å². The lowest BCUT2D eigenvalue weighted by molar-refractivity contribution is -0.146. The van der Waals surface area contributed by atoms with Gasteiger partial charge in [-0.05, 0) is 75.9 Å². The van der Waals surface area contributed by atoms with Crippen molar-refractivity contribution in [3.05, 3.63) is 48.0 Å². The standard InChI is InChI=1S/C30H40N4O5S2/c1-5-38-24-9-12-26-27(16-24)40-29(31-26)32-28(35)17-33-14-6-13-30(19-33)20-34(23(18-39-30)15-21(2)3)41(36,37)25-10-7-22(4)8-11-25/h7-12,16,21,23H,5-6,13-15,17-20H2,1-4H3,(H,31,32,35)/t23-,30-/m0/s1. The molecule has 5 rings (SSSR count). The zero-order chi connectivity index (χ0) is 29.2. The van der Waals surface area contributed by atoms with Crippen molar-refractivity contribution in [2.75, 3.05) is 44.7 Å². The van der Waals surface area contributed by atoms with Crippen LogP contribution in [0.1, 0.15) is 45.6 Å². The fourth-order valence-corrected chi connectivity index (χ4v) is 8.43. The van der Waals surface area contributed by atoms with E-state index in [9.17, 15) is 13.2 Å². The van der Waals surface area contributed by atoms with E-state index in [0.717, 1.165) is 47.3 Å². The molecule has 0 aliphatic carbocycles. The summed E-state index contributed by atoms with van der Waals surface area (Å²) < 4.78 is 42.5. The SMILES string of the molecule is CCOc1ccc2nc(NC(=O)CN3CCC[C@]4(C3)CN(S(=O)(=O)c3ccc(C)cc3)[C@@H](CC(C)C)CO4)sc2c1. The van der Waals surface area contributed by atoms with Gasteiger partial charge in [0.1, 0.15) is 5.75 Å². The van der Waals surface area contributed by atoms with Crippen LogP contribution in [0.5, 0.6) is 5.75 Å². The summed E-state index contributed by atoms with van der Waals surface area (Å²) in [6.07, 6.45) is 2.29. The summed E-state index contributed by atoms with van der Waals surface area (Å²) >= 11 is 1.42. The zero-order valence-electron chi connectivity index (χ0n) is 24.3. The predicted molar refractivity (Wildman–Crippen MR) is 162 cm³/mol. The molecule has 0 saturated carbocycles. The highest BCUT2D eigenvalue weighted by Gasteiger charge is 2.47. The Labute approximate surface area is 246 Å². The minimum absolute atomic E-state index is 0.149. The van der Waals surface area contributed by atoms with Crippen LogP contribution in [0.25, 0.3) is 10.2 Å². The number of piperidine rings is 1. The number of fused-ring (bicyclic) bond motifs is 1. The van der Waals surface area contributed by atoms with Gasteiger partial charge in [0.05, 0.1) is 40.5 Å². The molecular weight excluding hydrogens is 560 g/mol. The minimum Gasteiger partial charge on any atom is -0.494 e. The summed E-state index contributed by atoms with van der Waals surface area (Å²) in [7, 11) is -3.71. The number of nitrogens with zero attached hydrogens (tertiary/aromatic N) is 3. The Morgan fingerprint density at radius 1 is 1.22 bits per heavy atom. The lowest BCUT2D eigenvalue weighted by atomic mass is 9.89. The third-order valence-corrected chi connectivity index (χ3v) is 10.6. The van der Waals surface area contributed by atoms with Gasteiger partial charge in [-0.15, -0.1) is 0 Å². The van der Waals surface area contributed by atoms with Gasteiger partial charge < -0.3 is 14.8 Å². The van der Waals surface area contributed by atoms with Gasteiger partial charge in [-0.1, -0.05) is 42.9 Å². The molecule has 1 spiro atoms. The number of hydrogen-bond acceptors (Lipinski definition) is 8. The molecule has 1 N–H and O–H groups in total. The molecule has 2 saturated heterocycles. The van der Waals surface area contributed by atoms with E-state index in [-0.39, 0.29) is 25.0 Å². The second kappa shape index (κ2) is 12.3. The van der Waals surface area contributed by atoms with Crippen molar-refractivity contribution in [2.45, 2.75) is 63.5 Å². The van der Waals surface area contributed by atoms with E-state index in [1.807, 2.05) is 44.2 Å². The number of morpholine rings is 1. The van der Waals surface area contributed by atoms with Crippen molar-refractivity contribution in [1.29, 1.82) is 0 Å². The van der Waals surface area contributed by atoms with Crippen LogP contribution in [-0.2, 0) is 19.6 Å². The number of rotatable bonds is 9. The topological polar surface area (TPSA) is 101 Å². The lowest BCUT2D eigenvalue weighted by Crippen LogP contribution is -2.64. The van der Waals surface area contributed by atoms with Crippen LogP contribution >= 0.6 is 11.3 Å². The summed E-state index contributed by atoms with van der Waals surface area (Å²) in [5, 5.41) is 3.50. The molecule has 11 heteroatoms. The van der Waals surface area contributed by atoms with E-state index in [0.29, 0.717) is 35.7 Å². The average Bonchev–Trinajstić information content (AvgIpc) is 3.31. The molecular formula is C30H40N4O5S2. The van der Waals surface area contributed by atoms with E-state index in [2.05, 4.69) is 29.0 Å². The van der Waals surface area contributed by atoms with Crippen molar-refractivity contribution in [3.63, 3.8) is 0 Å². The van der Waals surface area contributed by atoms with Gasteiger partial charge in [0.2, 0.25) is 15.9 Å². The average molecular weight is 601 g/mol. The fourth-order valence-electron chi connectivity index (χ4n) is 5.82. The normalized spacial score (nSPS) is 22.4. The Balaban J connectivity index is 1.28. The third kappa shape index (κ3) is 6.91. The number of thiazole rings is 1. The smallest absolute Gasteiger partial charge is 0.243 e. The second-order valence-electron chi connectivity index (χ2n) is 11.6. The summed E-state index contributed by atoms with van der Waals surface area (Å²) in [6.45, 7) is 10.7. The van der Waals surface area contributed by atoms with Crippen LogP contribution in [0, 0.1) is 12.8 Å². The van der Waals surface area contributed by atoms with Crippen LogP contribution in [-0.4, -0.2) is 79.5 Å². The van der Waals surface area contributed by atoms with Crippen LogP contribution in [0.3, 0.4) is 0 Å². The van der Waals surface area contributed by atoms with Crippen molar-refractivity contribution in [1.82, 2.24) is 14.2 Å². The van der Waals surface area contributed by atoms with Gasteiger partial charge in [-0.25, -0.2) is 13.4 Å². The number of anilines is 1. The van der Waals surface area contributed by atoms with E-state index < -0.39 is 15.6 Å². The van der Waals surface area contributed by atoms with E-state index in [1.54, 1.807) is 16.4 Å². The fraction of sp³-hybridized carbons (Fsp3) is 0.533. The molecule has 222 valence electrons. The largest absolute Gasteiger partial charge is 0.494 e. The van der Waals surface area contributed by atoms with Crippen LogP contribution in [0.2, 0.25) is 0 Å². The first-order chi connectivity index (χ1) is 19.6. The predicted octanol–water partition coefficient (Wildman–Crippen LogP) is 4.91. The lowest BCUT2D eigenvalue weighted by Gasteiger charge is -2.50. The number of aromatic nitrogens is 1. The van der Waals surface area contributed by atoms with E-state index in [4.69, 9.17) is 9.47 Å². The minimum atomic E-state index is -3.71. The van der Waals surface area contributed by atoms with Crippen molar-refractivity contribution in [3.8, 4) is 5.75 Å². The molecule has 41 heavy (non-hydrogen) atoms. The highest BCUT2D eigenvalue weighted by atomic mass is 32.2. The van der Waals surface area contributed by atoms with Crippen LogP contribution in [0.15, 0.2) is 47.4 Å². The Morgan fingerprint density at radius 2 is 2.00 bits per heavy atom. The molecule has 2 fully saturated rings. The number of ether oxygens (including phenoxy) is 2. The molecule has 3 aromatic rings. The van der Waals surface area contributed by atoms with Gasteiger partial charge >= 0.3 is 0 Å². The second-order valence-corrected chi connectivity index (χ2v) is 14.5. The number of aryl methyl sites for hydroxylation is 1. The van der Waals surface area contributed by atoms with Crippen molar-refractivity contribution < 1.29 is 22.7 Å². The molecule has 0 bridgehead atoms. The molecule has 2 aliphatic heterocycles. The molecule has 0 radical (unpaired) electrons. The maximum Gasteiger partial charge on any atom is 0.243 e. The number of benzene rings is 2. The first-order valence-electron chi connectivity index (χ1n) is 14.3. The van der Waals surface area contributed by atoms with Crippen LogP contribution in [0.4, 0.5) is 5.13 Å². The monoisotopic (exact) mass is 600 g/mol. The molecule has 0 unspecified atom stereocenters. The maximum atomic E-state index is 13.9. The number of amides is 1. The van der Waals surface area contributed by atoms with Gasteiger partial charge in [0.15, 0.2) is 5.13 Å². The van der Waals surface area contributed by atoms with Crippen molar-refractivity contribution in [2.24, 2.45) is 5.92 Å². The number of hydrogen-bond donors (Lipinski definition) is 1. The molecule has 3 heterocycles. The molecule has 1 aromatic heterocycles. The van der Waals surface area contributed by atoms with Gasteiger partial charge in [-0.3, -0.25) is 9.69 Å². The Kier molecular flexibility index (Phi) is 9.01. The Bertz CT molecular complexity index is 1470. The summed E-state index contributed by atoms with van der Waals surface area (Å²) in [6, 6.07) is 12.5. The number of likely N-dealkylation sites (tertiary alicyclic amines) is 1. The molecule has 2 aromatic carbocycles. The summed E-state index contributed by atoms with van der Waals surface area (Å²) in [5.74, 6) is 0.957. The maximum absolute atomic E-state index is 13.9. The van der Waals surface area contributed by atoms with Crippen molar-refractivity contribution >= 4 is 42.6 Å². The zero-order valence-corrected chi connectivity index (χ0v) is 25.9. The third-order valence-electron chi connectivity index (χ3n) is 7.71. The Hall–Kier alpha value is -2.57. The number of sulfonamides is 1. The highest BCUT2D eigenvalue weighted by molar-refractivity contribution is 7.89. The van der Waals surface area contributed by atoms with Crippen LogP contribution < -0.4 is 10.1 Å². The van der Waals surface area contributed by atoms with Gasteiger partial charge in [0.25, 0.3) is 0 Å². The number of nitrogens with one attached hydrogen (secondary N) is 1. The Morgan fingerprint density at radius 3 is 2.73 bits per heavy atom. The van der Waals surface area contributed by atoms with E-state index >= 15 is 0 Å². The van der Waals surface area contributed by atoms with Gasteiger partial charge in [-0.2, -0.15) is 4.31 Å². The number of carbonyl (C=O) groups is 1. The molecule has 2 atom stereocenters. The summed E-state index contributed by atoms with van der Waals surface area (Å²) in [4.78, 5) is 20.0. The first-order valence-corrected chi connectivity index (χ1v) is 16.6. The number of carbonyl (C=O) groups excluding carboxylic acids is 1. The van der Waals surface area contributed by atoms with E-state index in [1.165, 1.54) is 11.3 Å². The molecule has 9 nitrogen and oxygen atoms in total.